The molecule has 0 aliphatic carbocycles. The summed E-state index contributed by atoms with van der Waals surface area (Å²) in [5, 5.41) is 9.09. The molecule has 0 unspecified atom stereocenters. The molecule has 0 aromatic carbocycles. The molecule has 0 bridgehead atoms. The van der Waals surface area contributed by atoms with Crippen LogP contribution in [0.4, 0.5) is 0 Å². The first-order valence-corrected chi connectivity index (χ1v) is 7.62. The van der Waals surface area contributed by atoms with Crippen molar-refractivity contribution in [3.05, 3.63) is 21.3 Å². The predicted molar refractivity (Wildman–Crippen MR) is 85.3 cm³/mol. The van der Waals surface area contributed by atoms with Gasteiger partial charge in [0.2, 0.25) is 5.91 Å². The molecule has 2 rings (SSSR count). The lowest BCUT2D eigenvalue weighted by atomic mass is 10.2. The fraction of sp³-hybridized carbons (Fsp3) is 0.538. The highest BCUT2D eigenvalue weighted by atomic mass is 35.5. The van der Waals surface area contributed by atoms with E-state index in [4.69, 9.17) is 16.7 Å². The van der Waals surface area contributed by atoms with Crippen LogP contribution >= 0.6 is 35.3 Å². The van der Waals surface area contributed by atoms with E-state index in [1.165, 1.54) is 11.3 Å². The summed E-state index contributed by atoms with van der Waals surface area (Å²) >= 11 is 7.30. The Labute approximate surface area is 138 Å². The Morgan fingerprint density at radius 3 is 2.81 bits per heavy atom. The third-order valence-electron chi connectivity index (χ3n) is 3.43. The Morgan fingerprint density at radius 1 is 1.52 bits per heavy atom. The molecule has 1 fully saturated rings. The molecule has 1 aromatic heterocycles. The van der Waals surface area contributed by atoms with Gasteiger partial charge < -0.3 is 10.0 Å². The summed E-state index contributed by atoms with van der Waals surface area (Å²) in [6.45, 7) is 1.33. The van der Waals surface area contributed by atoms with Gasteiger partial charge in [-0.05, 0) is 31.5 Å². The van der Waals surface area contributed by atoms with E-state index in [0.29, 0.717) is 23.8 Å². The topological polar surface area (TPSA) is 60.9 Å². The molecule has 0 radical (unpaired) electrons. The number of thiophene rings is 1. The zero-order valence-electron chi connectivity index (χ0n) is 11.6. The lowest BCUT2D eigenvalue weighted by Gasteiger charge is -2.24. The molecule has 1 amide bonds. The zero-order chi connectivity index (χ0) is 14.7. The monoisotopic (exact) mass is 352 g/mol. The Hall–Kier alpha value is -0.820. The summed E-state index contributed by atoms with van der Waals surface area (Å²) < 4.78 is 0.700. The first-order valence-electron chi connectivity index (χ1n) is 6.42. The maximum atomic E-state index is 12.1. The second-order valence-corrected chi connectivity index (χ2v) is 6.72. The van der Waals surface area contributed by atoms with Crippen LogP contribution in [0.5, 0.6) is 0 Å². The number of amides is 1. The number of likely N-dealkylation sites (tertiary alicyclic amines) is 1. The maximum Gasteiger partial charge on any atom is 0.320 e. The van der Waals surface area contributed by atoms with E-state index in [1.54, 1.807) is 22.9 Å². The largest absolute Gasteiger partial charge is 0.480 e. The first kappa shape index (κ1) is 18.2. The number of aliphatic carboxylic acids is 1. The molecule has 1 N–H and O–H groups in total. The minimum atomic E-state index is -0.844. The van der Waals surface area contributed by atoms with Crippen LogP contribution in [0.2, 0.25) is 4.34 Å². The van der Waals surface area contributed by atoms with Gasteiger partial charge in [0.1, 0.15) is 6.04 Å². The minimum Gasteiger partial charge on any atom is -0.480 e. The van der Waals surface area contributed by atoms with Crippen molar-refractivity contribution >= 4 is 47.2 Å². The van der Waals surface area contributed by atoms with Crippen LogP contribution in [-0.4, -0.2) is 53.0 Å². The van der Waals surface area contributed by atoms with Crippen LogP contribution < -0.4 is 0 Å². The highest BCUT2D eigenvalue weighted by Gasteiger charge is 2.32. The number of nitrogens with zero attached hydrogens (tertiary/aromatic N) is 2. The number of hydrogen-bond acceptors (Lipinski definition) is 4. The van der Waals surface area contributed by atoms with E-state index in [9.17, 15) is 9.59 Å². The number of carboxylic acids is 1. The fourth-order valence-corrected chi connectivity index (χ4v) is 3.49. The number of rotatable bonds is 5. The number of halogens is 2. The Bertz CT molecular complexity index is 509. The van der Waals surface area contributed by atoms with E-state index in [2.05, 4.69) is 0 Å². The van der Waals surface area contributed by atoms with Crippen molar-refractivity contribution in [2.45, 2.75) is 25.4 Å². The molecule has 118 valence electrons. The van der Waals surface area contributed by atoms with Gasteiger partial charge in [-0.2, -0.15) is 0 Å². The van der Waals surface area contributed by atoms with Gasteiger partial charge in [-0.15, -0.1) is 23.7 Å². The summed E-state index contributed by atoms with van der Waals surface area (Å²) in [5.74, 6) is -0.911. The van der Waals surface area contributed by atoms with Gasteiger partial charge in [-0.1, -0.05) is 11.6 Å². The average Bonchev–Trinajstić information content (AvgIpc) is 2.98. The third kappa shape index (κ3) is 4.85. The van der Waals surface area contributed by atoms with Gasteiger partial charge >= 0.3 is 5.97 Å². The Kier molecular flexibility index (Phi) is 6.93. The van der Waals surface area contributed by atoms with Gasteiger partial charge in [0, 0.05) is 11.9 Å². The van der Waals surface area contributed by atoms with E-state index in [1.807, 2.05) is 6.07 Å². The lowest BCUT2D eigenvalue weighted by Crippen LogP contribution is -2.43. The Morgan fingerprint density at radius 2 is 2.24 bits per heavy atom. The van der Waals surface area contributed by atoms with Crippen molar-refractivity contribution in [2.24, 2.45) is 0 Å². The SMILES string of the molecule is CN(Cc1ccc(Cl)s1)C(=O)CN1CCC[C@@H]1C(=O)O.Cl. The average molecular weight is 353 g/mol. The van der Waals surface area contributed by atoms with E-state index < -0.39 is 12.0 Å². The number of hydrogen-bond donors (Lipinski definition) is 1. The maximum absolute atomic E-state index is 12.1. The number of likely N-dealkylation sites (N-methyl/N-ethyl adjacent to an activating group) is 1. The van der Waals surface area contributed by atoms with Crippen molar-refractivity contribution in [2.75, 3.05) is 20.1 Å². The van der Waals surface area contributed by atoms with E-state index in [0.717, 1.165) is 11.3 Å². The molecular formula is C13H18Cl2N2O3S. The van der Waals surface area contributed by atoms with Crippen molar-refractivity contribution < 1.29 is 14.7 Å². The molecule has 1 aliphatic rings. The number of carbonyl (C=O) groups excluding carboxylic acids is 1. The molecule has 0 spiro atoms. The van der Waals surface area contributed by atoms with Crippen molar-refractivity contribution in [3.8, 4) is 0 Å². The normalized spacial score (nSPS) is 18.3. The van der Waals surface area contributed by atoms with Gasteiger partial charge in [-0.3, -0.25) is 14.5 Å². The molecule has 8 heteroatoms. The predicted octanol–water partition coefficient (Wildman–Crippen LogP) is 2.33. The Balaban J connectivity index is 0.00000220. The highest BCUT2D eigenvalue weighted by Crippen LogP contribution is 2.23. The van der Waals surface area contributed by atoms with Crippen LogP contribution in [0.3, 0.4) is 0 Å². The second kappa shape index (κ2) is 7.98. The molecule has 5 nitrogen and oxygen atoms in total. The van der Waals surface area contributed by atoms with Crippen molar-refractivity contribution in [1.29, 1.82) is 0 Å². The third-order valence-corrected chi connectivity index (χ3v) is 4.65. The molecule has 21 heavy (non-hydrogen) atoms. The summed E-state index contributed by atoms with van der Waals surface area (Å²) in [6, 6.07) is 3.18. The molecular weight excluding hydrogens is 335 g/mol. The first-order chi connectivity index (χ1) is 9.47. The van der Waals surface area contributed by atoms with Crippen LogP contribution in [0.15, 0.2) is 12.1 Å². The van der Waals surface area contributed by atoms with Gasteiger partial charge in [-0.25, -0.2) is 0 Å². The van der Waals surface area contributed by atoms with Crippen LogP contribution in [0.25, 0.3) is 0 Å². The van der Waals surface area contributed by atoms with E-state index >= 15 is 0 Å². The fourth-order valence-electron chi connectivity index (χ4n) is 2.35. The molecule has 1 saturated heterocycles. The van der Waals surface area contributed by atoms with Crippen LogP contribution in [-0.2, 0) is 16.1 Å². The van der Waals surface area contributed by atoms with E-state index in [-0.39, 0.29) is 24.9 Å². The molecule has 0 saturated carbocycles. The molecule has 2 heterocycles. The van der Waals surface area contributed by atoms with Crippen LogP contribution in [0.1, 0.15) is 17.7 Å². The standard InChI is InChI=1S/C13H17ClN2O3S.ClH/c1-15(7-9-4-5-11(14)20-9)12(17)8-16-6-2-3-10(16)13(18)19;/h4-5,10H,2-3,6-8H2,1H3,(H,18,19);1H/t10-;/m1./s1. The van der Waals surface area contributed by atoms with Gasteiger partial charge in [0.15, 0.2) is 0 Å². The zero-order valence-corrected chi connectivity index (χ0v) is 14.0. The highest BCUT2D eigenvalue weighted by molar-refractivity contribution is 7.16. The number of carbonyl (C=O) groups is 2. The van der Waals surface area contributed by atoms with Gasteiger partial charge in [0.25, 0.3) is 0 Å². The summed E-state index contributed by atoms with van der Waals surface area (Å²) in [7, 11) is 1.72. The summed E-state index contributed by atoms with van der Waals surface area (Å²) in [5.41, 5.74) is 0. The molecule has 1 aliphatic heterocycles. The second-order valence-electron chi connectivity index (χ2n) is 4.92. The summed E-state index contributed by atoms with van der Waals surface area (Å²) in [6.07, 6.45) is 1.45. The van der Waals surface area contributed by atoms with Gasteiger partial charge in [0.05, 0.1) is 17.4 Å². The minimum absolute atomic E-state index is 0. The quantitative estimate of drug-likeness (QED) is 0.883. The molecule has 1 atom stereocenters. The summed E-state index contributed by atoms with van der Waals surface area (Å²) in [4.78, 5) is 27.6. The smallest absolute Gasteiger partial charge is 0.320 e. The number of carboxylic acid groups (broad SMARTS) is 1. The molecule has 1 aromatic rings. The van der Waals surface area contributed by atoms with Crippen LogP contribution in [0, 0.1) is 0 Å². The van der Waals surface area contributed by atoms with Crippen molar-refractivity contribution in [3.63, 3.8) is 0 Å². The lowest BCUT2D eigenvalue weighted by molar-refractivity contribution is -0.143. The van der Waals surface area contributed by atoms with Crippen molar-refractivity contribution in [1.82, 2.24) is 9.80 Å².